The molecule has 2 aromatic heterocycles. The van der Waals surface area contributed by atoms with Gasteiger partial charge in [0.1, 0.15) is 12.4 Å². The van der Waals surface area contributed by atoms with Crippen LogP contribution in [0, 0.1) is 0 Å². The lowest BCUT2D eigenvalue weighted by Gasteiger charge is -2.35. The molecule has 3 aromatic rings. The van der Waals surface area contributed by atoms with Gasteiger partial charge in [-0.25, -0.2) is 9.78 Å². The molecule has 4 rings (SSSR count). The second-order valence-electron chi connectivity index (χ2n) is 6.31. The molecule has 1 unspecified atom stereocenters. The number of ether oxygens (including phenoxy) is 1. The van der Waals surface area contributed by atoms with Gasteiger partial charge in [-0.05, 0) is 49.6 Å². The SMILES string of the molecule is O=C(Nc1ccc2ncsc2c1)N1CCCCC1COc1cccnc1. The summed E-state index contributed by atoms with van der Waals surface area (Å²) in [5.41, 5.74) is 3.56. The zero-order valence-corrected chi connectivity index (χ0v) is 15.1. The lowest BCUT2D eigenvalue weighted by atomic mass is 10.0. The average molecular weight is 368 g/mol. The first-order valence-electron chi connectivity index (χ1n) is 8.73. The van der Waals surface area contributed by atoms with Gasteiger partial charge in [-0.15, -0.1) is 11.3 Å². The number of hydrogen-bond donors (Lipinski definition) is 1. The molecule has 1 fully saturated rings. The molecule has 1 aromatic carbocycles. The van der Waals surface area contributed by atoms with Gasteiger partial charge < -0.3 is 15.0 Å². The van der Waals surface area contributed by atoms with Crippen molar-refractivity contribution in [3.05, 3.63) is 48.2 Å². The fourth-order valence-electron chi connectivity index (χ4n) is 3.19. The van der Waals surface area contributed by atoms with Gasteiger partial charge in [0.25, 0.3) is 0 Å². The van der Waals surface area contributed by atoms with Gasteiger partial charge in [0, 0.05) is 18.4 Å². The van der Waals surface area contributed by atoms with Gasteiger partial charge in [-0.2, -0.15) is 0 Å². The van der Waals surface area contributed by atoms with E-state index < -0.39 is 0 Å². The molecular formula is C19H20N4O2S. The molecule has 2 amide bonds. The van der Waals surface area contributed by atoms with Crippen LogP contribution < -0.4 is 10.1 Å². The van der Waals surface area contributed by atoms with Crippen LogP contribution in [0.3, 0.4) is 0 Å². The van der Waals surface area contributed by atoms with Crippen molar-refractivity contribution in [2.45, 2.75) is 25.3 Å². The molecule has 1 N–H and O–H groups in total. The molecule has 134 valence electrons. The van der Waals surface area contributed by atoms with Crippen LogP contribution in [0.4, 0.5) is 10.5 Å². The van der Waals surface area contributed by atoms with Gasteiger partial charge >= 0.3 is 6.03 Å². The fraction of sp³-hybridized carbons (Fsp3) is 0.316. The standard InChI is InChI=1S/C19H20N4O2S/c24-19(22-14-6-7-17-18(10-14)26-13-21-17)23-9-2-1-4-15(23)12-25-16-5-3-8-20-11-16/h3,5-8,10-11,13,15H,1-2,4,9,12H2,(H,22,24). The summed E-state index contributed by atoms with van der Waals surface area (Å²) < 4.78 is 6.90. The van der Waals surface area contributed by atoms with Crippen LogP contribution in [-0.2, 0) is 0 Å². The summed E-state index contributed by atoms with van der Waals surface area (Å²) in [4.78, 5) is 23.0. The Balaban J connectivity index is 1.42. The van der Waals surface area contributed by atoms with Crippen molar-refractivity contribution in [1.29, 1.82) is 0 Å². The third-order valence-corrected chi connectivity index (χ3v) is 5.34. The first-order valence-corrected chi connectivity index (χ1v) is 9.61. The van der Waals surface area contributed by atoms with E-state index in [0.29, 0.717) is 6.61 Å². The summed E-state index contributed by atoms with van der Waals surface area (Å²) in [5.74, 6) is 0.731. The predicted octanol–water partition coefficient (Wildman–Crippen LogP) is 4.16. The van der Waals surface area contributed by atoms with Crippen LogP contribution in [0.15, 0.2) is 48.2 Å². The van der Waals surface area contributed by atoms with Crippen LogP contribution in [0.2, 0.25) is 0 Å². The molecule has 0 aliphatic carbocycles. The molecule has 7 heteroatoms. The Labute approximate surface area is 155 Å². The normalized spacial score (nSPS) is 17.2. The maximum atomic E-state index is 12.8. The first kappa shape index (κ1) is 16.8. The topological polar surface area (TPSA) is 67.4 Å². The fourth-order valence-corrected chi connectivity index (χ4v) is 3.91. The number of anilines is 1. The number of fused-ring (bicyclic) bond motifs is 1. The molecule has 6 nitrogen and oxygen atoms in total. The number of carbonyl (C=O) groups excluding carboxylic acids is 1. The largest absolute Gasteiger partial charge is 0.490 e. The number of amides is 2. The molecule has 1 aliphatic rings. The van der Waals surface area contributed by atoms with Gasteiger partial charge in [0.15, 0.2) is 0 Å². The highest BCUT2D eigenvalue weighted by Crippen LogP contribution is 2.24. The molecule has 0 spiro atoms. The Hall–Kier alpha value is -2.67. The van der Waals surface area contributed by atoms with Crippen LogP contribution in [-0.4, -0.2) is 40.1 Å². The lowest BCUT2D eigenvalue weighted by molar-refractivity contribution is 0.124. The summed E-state index contributed by atoms with van der Waals surface area (Å²) in [6.07, 6.45) is 6.48. The molecule has 3 heterocycles. The van der Waals surface area contributed by atoms with Crippen molar-refractivity contribution in [3.63, 3.8) is 0 Å². The van der Waals surface area contributed by atoms with E-state index in [1.807, 2.05) is 40.7 Å². The van der Waals surface area contributed by atoms with Gasteiger partial charge in [-0.3, -0.25) is 4.98 Å². The number of benzene rings is 1. The van der Waals surface area contributed by atoms with Crippen molar-refractivity contribution in [1.82, 2.24) is 14.9 Å². The molecule has 0 saturated carbocycles. The van der Waals surface area contributed by atoms with E-state index in [1.165, 1.54) is 0 Å². The van der Waals surface area contributed by atoms with E-state index in [1.54, 1.807) is 23.7 Å². The molecule has 1 atom stereocenters. The quantitative estimate of drug-likeness (QED) is 0.751. The Morgan fingerprint density at radius 3 is 3.19 bits per heavy atom. The summed E-state index contributed by atoms with van der Waals surface area (Å²) in [5, 5.41) is 3.02. The maximum absolute atomic E-state index is 12.8. The van der Waals surface area contributed by atoms with Gasteiger partial charge in [-0.1, -0.05) is 0 Å². The number of likely N-dealkylation sites (tertiary alicyclic amines) is 1. The minimum Gasteiger partial charge on any atom is -0.490 e. The number of rotatable bonds is 4. The minimum absolute atomic E-state index is 0.0658. The Kier molecular flexibility index (Phi) is 4.97. The minimum atomic E-state index is -0.0756. The third-order valence-electron chi connectivity index (χ3n) is 4.55. The monoisotopic (exact) mass is 368 g/mol. The van der Waals surface area contributed by atoms with E-state index in [4.69, 9.17) is 4.74 Å². The summed E-state index contributed by atoms with van der Waals surface area (Å²) in [6, 6.07) is 9.51. The molecule has 0 bridgehead atoms. The number of aromatic nitrogens is 2. The second-order valence-corrected chi connectivity index (χ2v) is 7.19. The average Bonchev–Trinajstić information content (AvgIpc) is 3.15. The van der Waals surface area contributed by atoms with Crippen molar-refractivity contribution in [2.75, 3.05) is 18.5 Å². The lowest BCUT2D eigenvalue weighted by Crippen LogP contribution is -2.48. The van der Waals surface area contributed by atoms with Gasteiger partial charge in [0.2, 0.25) is 0 Å². The van der Waals surface area contributed by atoms with Crippen molar-refractivity contribution in [3.8, 4) is 5.75 Å². The van der Waals surface area contributed by atoms with Crippen molar-refractivity contribution in [2.24, 2.45) is 0 Å². The van der Waals surface area contributed by atoms with Crippen LogP contribution in [0.25, 0.3) is 10.2 Å². The van der Waals surface area contributed by atoms with Crippen molar-refractivity contribution >= 4 is 33.3 Å². The molecular weight excluding hydrogens is 348 g/mol. The van der Waals surface area contributed by atoms with Gasteiger partial charge in [0.05, 0.1) is 28.0 Å². The van der Waals surface area contributed by atoms with E-state index in [-0.39, 0.29) is 12.1 Å². The number of thiazole rings is 1. The number of hydrogen-bond acceptors (Lipinski definition) is 5. The zero-order chi connectivity index (χ0) is 17.8. The van der Waals surface area contributed by atoms with E-state index in [0.717, 1.165) is 47.5 Å². The third kappa shape index (κ3) is 3.77. The zero-order valence-electron chi connectivity index (χ0n) is 14.3. The molecule has 1 aliphatic heterocycles. The van der Waals surface area contributed by atoms with E-state index in [2.05, 4.69) is 15.3 Å². The predicted molar refractivity (Wildman–Crippen MR) is 103 cm³/mol. The molecule has 26 heavy (non-hydrogen) atoms. The summed E-state index contributed by atoms with van der Waals surface area (Å²) in [6.45, 7) is 1.22. The highest BCUT2D eigenvalue weighted by Gasteiger charge is 2.27. The summed E-state index contributed by atoms with van der Waals surface area (Å²) >= 11 is 1.57. The van der Waals surface area contributed by atoms with Crippen LogP contribution >= 0.6 is 11.3 Å². The number of pyridine rings is 1. The van der Waals surface area contributed by atoms with Crippen molar-refractivity contribution < 1.29 is 9.53 Å². The first-order chi connectivity index (χ1) is 12.8. The number of piperidine rings is 1. The number of nitrogens with zero attached hydrogens (tertiary/aromatic N) is 3. The Morgan fingerprint density at radius 1 is 1.35 bits per heavy atom. The second kappa shape index (κ2) is 7.70. The summed E-state index contributed by atoms with van der Waals surface area (Å²) in [7, 11) is 0. The van der Waals surface area contributed by atoms with Crippen LogP contribution in [0.1, 0.15) is 19.3 Å². The number of carbonyl (C=O) groups is 1. The van der Waals surface area contributed by atoms with E-state index in [9.17, 15) is 4.79 Å². The Bertz CT molecular complexity index is 883. The highest BCUT2D eigenvalue weighted by atomic mass is 32.1. The molecule has 0 radical (unpaired) electrons. The van der Waals surface area contributed by atoms with E-state index >= 15 is 0 Å². The Morgan fingerprint density at radius 2 is 2.31 bits per heavy atom. The maximum Gasteiger partial charge on any atom is 0.322 e. The number of nitrogens with one attached hydrogen (secondary N) is 1. The van der Waals surface area contributed by atoms with Crippen LogP contribution in [0.5, 0.6) is 5.75 Å². The number of urea groups is 1. The highest BCUT2D eigenvalue weighted by molar-refractivity contribution is 7.16. The molecule has 1 saturated heterocycles. The smallest absolute Gasteiger partial charge is 0.322 e.